The Morgan fingerprint density at radius 1 is 1.30 bits per heavy atom. The van der Waals surface area contributed by atoms with Crippen LogP contribution in [-0.4, -0.2) is 10.1 Å². The van der Waals surface area contributed by atoms with Crippen molar-refractivity contribution >= 4 is 0 Å². The number of aromatic nitrogens is 1. The molecular formula is C17H20N2O. The molecule has 3 heteroatoms. The number of nitrogens with zero attached hydrogens (tertiary/aromatic N) is 1. The molecule has 2 aromatic rings. The van der Waals surface area contributed by atoms with E-state index < -0.39 is 0 Å². The van der Waals surface area contributed by atoms with Gasteiger partial charge in [0.1, 0.15) is 5.75 Å². The van der Waals surface area contributed by atoms with Crippen LogP contribution in [0.4, 0.5) is 0 Å². The molecule has 0 saturated heterocycles. The van der Waals surface area contributed by atoms with Crippen LogP contribution < -0.4 is 5.32 Å². The van der Waals surface area contributed by atoms with E-state index in [2.05, 4.69) is 23.3 Å². The molecule has 104 valence electrons. The molecule has 1 aromatic carbocycles. The number of hydrogen-bond acceptors (Lipinski definition) is 3. The zero-order valence-corrected chi connectivity index (χ0v) is 11.7. The van der Waals surface area contributed by atoms with Crippen molar-refractivity contribution in [3.63, 3.8) is 0 Å². The quantitative estimate of drug-likeness (QED) is 0.895. The van der Waals surface area contributed by atoms with Crippen LogP contribution in [0.5, 0.6) is 5.75 Å². The highest BCUT2D eigenvalue weighted by atomic mass is 16.3. The van der Waals surface area contributed by atoms with Crippen molar-refractivity contribution in [3.05, 3.63) is 59.4 Å². The lowest BCUT2D eigenvalue weighted by Crippen LogP contribution is -2.28. The third-order valence-corrected chi connectivity index (χ3v) is 4.02. The van der Waals surface area contributed by atoms with E-state index in [1.807, 2.05) is 30.5 Å². The van der Waals surface area contributed by atoms with Crippen LogP contribution in [-0.2, 0) is 6.42 Å². The molecule has 0 radical (unpaired) electrons. The Bertz CT molecular complexity index is 597. The van der Waals surface area contributed by atoms with E-state index in [1.54, 1.807) is 6.07 Å². The van der Waals surface area contributed by atoms with Crippen LogP contribution in [0.1, 0.15) is 48.7 Å². The molecule has 3 rings (SSSR count). The number of phenols is 1. The van der Waals surface area contributed by atoms with E-state index >= 15 is 0 Å². The summed E-state index contributed by atoms with van der Waals surface area (Å²) in [6, 6.07) is 12.1. The molecule has 1 aliphatic carbocycles. The monoisotopic (exact) mass is 268 g/mol. The first-order chi connectivity index (χ1) is 9.74. The Morgan fingerprint density at radius 2 is 2.20 bits per heavy atom. The Balaban J connectivity index is 1.79. The van der Waals surface area contributed by atoms with Crippen molar-refractivity contribution in [2.45, 2.75) is 38.3 Å². The van der Waals surface area contributed by atoms with Crippen molar-refractivity contribution in [1.82, 2.24) is 10.3 Å². The molecule has 0 saturated carbocycles. The van der Waals surface area contributed by atoms with Crippen LogP contribution in [0, 0.1) is 0 Å². The minimum absolute atomic E-state index is 0.194. The first kappa shape index (κ1) is 13.1. The number of fused-ring (bicyclic) bond motifs is 1. The van der Waals surface area contributed by atoms with E-state index in [4.69, 9.17) is 0 Å². The highest BCUT2D eigenvalue weighted by Crippen LogP contribution is 2.30. The van der Waals surface area contributed by atoms with Gasteiger partial charge < -0.3 is 10.4 Å². The van der Waals surface area contributed by atoms with Crippen LogP contribution >= 0.6 is 0 Å². The summed E-state index contributed by atoms with van der Waals surface area (Å²) >= 11 is 0. The fourth-order valence-electron chi connectivity index (χ4n) is 2.96. The number of rotatable bonds is 3. The molecule has 0 fully saturated rings. The van der Waals surface area contributed by atoms with E-state index in [1.165, 1.54) is 17.7 Å². The maximum Gasteiger partial charge on any atom is 0.115 e. The van der Waals surface area contributed by atoms with Crippen molar-refractivity contribution in [2.24, 2.45) is 0 Å². The van der Waals surface area contributed by atoms with Gasteiger partial charge >= 0.3 is 0 Å². The number of aromatic hydroxyl groups is 1. The largest absolute Gasteiger partial charge is 0.508 e. The van der Waals surface area contributed by atoms with Gasteiger partial charge in [0.2, 0.25) is 0 Å². The molecule has 2 atom stereocenters. The Morgan fingerprint density at radius 3 is 3.05 bits per heavy atom. The van der Waals surface area contributed by atoms with Crippen molar-refractivity contribution in [1.29, 1.82) is 0 Å². The summed E-state index contributed by atoms with van der Waals surface area (Å²) in [5.41, 5.74) is 3.65. The summed E-state index contributed by atoms with van der Waals surface area (Å²) in [5, 5.41) is 13.2. The third-order valence-electron chi connectivity index (χ3n) is 4.02. The zero-order chi connectivity index (χ0) is 13.9. The van der Waals surface area contributed by atoms with Gasteiger partial charge in [-0.3, -0.25) is 4.98 Å². The Kier molecular flexibility index (Phi) is 3.70. The van der Waals surface area contributed by atoms with Crippen LogP contribution in [0.3, 0.4) is 0 Å². The fourth-order valence-corrected chi connectivity index (χ4v) is 2.96. The molecule has 0 bridgehead atoms. The second kappa shape index (κ2) is 5.63. The lowest BCUT2D eigenvalue weighted by Gasteiger charge is -2.28. The highest BCUT2D eigenvalue weighted by molar-refractivity contribution is 5.30. The Hall–Kier alpha value is -1.87. The van der Waals surface area contributed by atoms with E-state index in [-0.39, 0.29) is 6.04 Å². The fraction of sp³-hybridized carbons (Fsp3) is 0.353. The van der Waals surface area contributed by atoms with E-state index in [0.717, 1.165) is 18.4 Å². The second-order valence-corrected chi connectivity index (χ2v) is 5.48. The third kappa shape index (κ3) is 2.68. The minimum Gasteiger partial charge on any atom is -0.508 e. The molecule has 3 nitrogen and oxygen atoms in total. The van der Waals surface area contributed by atoms with Crippen molar-refractivity contribution < 1.29 is 5.11 Å². The molecule has 0 spiro atoms. The number of nitrogens with one attached hydrogen (secondary N) is 1. The normalized spacial score (nSPS) is 19.4. The molecule has 20 heavy (non-hydrogen) atoms. The van der Waals surface area contributed by atoms with E-state index in [0.29, 0.717) is 11.8 Å². The van der Waals surface area contributed by atoms with Gasteiger partial charge in [0.15, 0.2) is 0 Å². The number of hydrogen-bond donors (Lipinski definition) is 2. The summed E-state index contributed by atoms with van der Waals surface area (Å²) in [4.78, 5) is 4.55. The predicted octanol–water partition coefficient (Wildman–Crippen LogP) is 3.52. The first-order valence-corrected chi connectivity index (χ1v) is 7.23. The highest BCUT2D eigenvalue weighted by Gasteiger charge is 2.22. The zero-order valence-electron chi connectivity index (χ0n) is 11.7. The number of benzene rings is 1. The lowest BCUT2D eigenvalue weighted by molar-refractivity contribution is 0.405. The van der Waals surface area contributed by atoms with Gasteiger partial charge in [-0.05, 0) is 55.5 Å². The van der Waals surface area contributed by atoms with Gasteiger partial charge in [-0.1, -0.05) is 18.2 Å². The summed E-state index contributed by atoms with van der Waals surface area (Å²) in [6.07, 6.45) is 5.32. The predicted molar refractivity (Wildman–Crippen MR) is 79.6 cm³/mol. The van der Waals surface area contributed by atoms with Gasteiger partial charge in [0, 0.05) is 12.2 Å². The van der Waals surface area contributed by atoms with Gasteiger partial charge in [-0.15, -0.1) is 0 Å². The summed E-state index contributed by atoms with van der Waals surface area (Å²) in [7, 11) is 0. The SMILES string of the molecule is CC(NC1CCCc2cccnc21)c1cccc(O)c1. The molecule has 2 N–H and O–H groups in total. The maximum atomic E-state index is 9.59. The summed E-state index contributed by atoms with van der Waals surface area (Å²) in [6.45, 7) is 2.13. The van der Waals surface area contributed by atoms with E-state index in [9.17, 15) is 5.11 Å². The maximum absolute atomic E-state index is 9.59. The Labute approximate surface area is 119 Å². The van der Waals surface area contributed by atoms with Crippen molar-refractivity contribution in [3.8, 4) is 5.75 Å². The standard InChI is InChI=1S/C17H20N2O/c1-12(14-6-2-8-15(20)11-14)19-16-9-3-5-13-7-4-10-18-17(13)16/h2,4,6-8,10-12,16,19-20H,3,5,9H2,1H3. The number of pyridine rings is 1. The molecule has 0 amide bonds. The molecule has 1 heterocycles. The van der Waals surface area contributed by atoms with Gasteiger partial charge in [0.05, 0.1) is 11.7 Å². The molecule has 1 aliphatic rings. The number of phenolic OH excluding ortho intramolecular Hbond substituents is 1. The smallest absolute Gasteiger partial charge is 0.115 e. The minimum atomic E-state index is 0.194. The average Bonchev–Trinajstić information content (AvgIpc) is 2.47. The summed E-state index contributed by atoms with van der Waals surface area (Å²) < 4.78 is 0. The molecular weight excluding hydrogens is 248 g/mol. The average molecular weight is 268 g/mol. The van der Waals surface area contributed by atoms with Crippen molar-refractivity contribution in [2.75, 3.05) is 0 Å². The van der Waals surface area contributed by atoms with Gasteiger partial charge in [-0.2, -0.15) is 0 Å². The van der Waals surface area contributed by atoms with Crippen LogP contribution in [0.2, 0.25) is 0 Å². The molecule has 1 aromatic heterocycles. The van der Waals surface area contributed by atoms with Crippen LogP contribution in [0.15, 0.2) is 42.6 Å². The molecule has 2 unspecified atom stereocenters. The van der Waals surface area contributed by atoms with Gasteiger partial charge in [0.25, 0.3) is 0 Å². The lowest BCUT2D eigenvalue weighted by atomic mass is 9.91. The first-order valence-electron chi connectivity index (χ1n) is 7.23. The van der Waals surface area contributed by atoms with Gasteiger partial charge in [-0.25, -0.2) is 0 Å². The summed E-state index contributed by atoms with van der Waals surface area (Å²) in [5.74, 6) is 0.318. The second-order valence-electron chi connectivity index (χ2n) is 5.48. The van der Waals surface area contributed by atoms with Crippen LogP contribution in [0.25, 0.3) is 0 Å². The number of aryl methyl sites for hydroxylation is 1. The topological polar surface area (TPSA) is 45.2 Å². The molecule has 0 aliphatic heterocycles.